The molecule has 1 unspecified atom stereocenters. The maximum atomic E-state index is 5.58. The molecule has 3 heteroatoms. The van der Waals surface area contributed by atoms with Crippen LogP contribution in [0, 0.1) is 0 Å². The smallest absolute Gasteiger partial charge is 0.138 e. The molecule has 0 bridgehead atoms. The molecule has 3 nitrogen and oxygen atoms in total. The second-order valence-corrected chi connectivity index (χ2v) is 4.85. The zero-order chi connectivity index (χ0) is 11.7. The van der Waals surface area contributed by atoms with Crippen LogP contribution in [0.5, 0.6) is 0 Å². The summed E-state index contributed by atoms with van der Waals surface area (Å²) in [6.45, 7) is 6.52. The van der Waals surface area contributed by atoms with Crippen molar-refractivity contribution in [3.8, 4) is 0 Å². The fourth-order valence-electron chi connectivity index (χ4n) is 2.58. The van der Waals surface area contributed by atoms with Gasteiger partial charge in [0.15, 0.2) is 0 Å². The summed E-state index contributed by atoms with van der Waals surface area (Å²) in [5.74, 6) is 0. The Morgan fingerprint density at radius 2 is 2.35 bits per heavy atom. The Morgan fingerprint density at radius 1 is 1.41 bits per heavy atom. The lowest BCUT2D eigenvalue weighted by Crippen LogP contribution is -2.48. The maximum Gasteiger partial charge on any atom is 0.138 e. The number of fused-ring (bicyclic) bond motifs is 1. The molecule has 90 valence electrons. The molecule has 1 aromatic heterocycles. The third-order valence-electron chi connectivity index (χ3n) is 3.41. The maximum absolute atomic E-state index is 5.58. The number of hydrogen-bond acceptors (Lipinski definition) is 3. The Balaban J connectivity index is 1.82. The monoisotopic (exact) mass is 230 g/mol. The Labute approximate surface area is 101 Å². The summed E-state index contributed by atoms with van der Waals surface area (Å²) in [4.78, 5) is 2.48. The highest BCUT2D eigenvalue weighted by Crippen LogP contribution is 2.21. The van der Waals surface area contributed by atoms with E-state index in [0.29, 0.717) is 6.04 Å². The summed E-state index contributed by atoms with van der Waals surface area (Å²) in [5.41, 5.74) is 2.33. The molecule has 1 aliphatic rings. The van der Waals surface area contributed by atoms with Crippen molar-refractivity contribution < 1.29 is 4.42 Å². The molecule has 0 radical (unpaired) electrons. The zero-order valence-electron chi connectivity index (χ0n) is 10.1. The molecule has 0 amide bonds. The molecule has 1 saturated heterocycles. The van der Waals surface area contributed by atoms with E-state index >= 15 is 0 Å². The summed E-state index contributed by atoms with van der Waals surface area (Å²) in [6, 6.07) is 8.98. The van der Waals surface area contributed by atoms with Crippen molar-refractivity contribution in [1.82, 2.24) is 10.2 Å². The molecule has 17 heavy (non-hydrogen) atoms. The Hall–Kier alpha value is -1.32. The van der Waals surface area contributed by atoms with Crippen molar-refractivity contribution in [2.45, 2.75) is 19.5 Å². The highest BCUT2D eigenvalue weighted by atomic mass is 16.3. The summed E-state index contributed by atoms with van der Waals surface area (Å²) in [6.07, 6.45) is 1.77. The van der Waals surface area contributed by atoms with E-state index in [1.807, 2.05) is 6.07 Å². The van der Waals surface area contributed by atoms with Gasteiger partial charge in [-0.15, -0.1) is 0 Å². The van der Waals surface area contributed by atoms with Crippen LogP contribution in [0.4, 0.5) is 0 Å². The largest absolute Gasteiger partial charge is 0.464 e. The van der Waals surface area contributed by atoms with E-state index < -0.39 is 0 Å². The van der Waals surface area contributed by atoms with Crippen molar-refractivity contribution in [2.24, 2.45) is 0 Å². The highest BCUT2D eigenvalue weighted by molar-refractivity contribution is 5.80. The second kappa shape index (κ2) is 4.51. The lowest BCUT2D eigenvalue weighted by molar-refractivity contribution is 0.200. The van der Waals surface area contributed by atoms with Gasteiger partial charge in [0.1, 0.15) is 5.58 Å². The molecule has 1 aromatic carbocycles. The summed E-state index contributed by atoms with van der Waals surface area (Å²) >= 11 is 0. The van der Waals surface area contributed by atoms with Crippen LogP contribution in [0.1, 0.15) is 12.5 Å². The topological polar surface area (TPSA) is 28.4 Å². The Bertz CT molecular complexity index is 506. The minimum atomic E-state index is 0.583. The van der Waals surface area contributed by atoms with Crippen LogP contribution in [0.2, 0.25) is 0 Å². The van der Waals surface area contributed by atoms with Crippen molar-refractivity contribution in [2.75, 3.05) is 19.6 Å². The third kappa shape index (κ3) is 2.21. The first-order valence-electron chi connectivity index (χ1n) is 6.24. The van der Waals surface area contributed by atoms with Crippen LogP contribution in [0.25, 0.3) is 11.0 Å². The standard InChI is InChI=1S/C14H18N2O/c1-11-9-16(7-6-15-11)10-13-4-2-3-12-5-8-17-14(12)13/h2-5,8,11,15H,6-7,9-10H2,1H3. The van der Waals surface area contributed by atoms with Crippen LogP contribution in [0.3, 0.4) is 0 Å². The number of nitrogens with one attached hydrogen (secondary N) is 1. The number of para-hydroxylation sites is 1. The molecule has 2 heterocycles. The van der Waals surface area contributed by atoms with Crippen LogP contribution in [-0.2, 0) is 6.54 Å². The minimum absolute atomic E-state index is 0.583. The number of furan rings is 1. The van der Waals surface area contributed by atoms with Gasteiger partial charge in [0.2, 0.25) is 0 Å². The quantitative estimate of drug-likeness (QED) is 0.857. The van der Waals surface area contributed by atoms with Gasteiger partial charge in [-0.3, -0.25) is 4.90 Å². The number of benzene rings is 1. The van der Waals surface area contributed by atoms with E-state index in [1.165, 1.54) is 10.9 Å². The molecule has 2 aromatic rings. The first-order chi connectivity index (χ1) is 8.33. The molecule has 3 rings (SSSR count). The molecule has 1 N–H and O–H groups in total. The average Bonchev–Trinajstić information content (AvgIpc) is 2.78. The van der Waals surface area contributed by atoms with Gasteiger partial charge >= 0.3 is 0 Å². The number of hydrogen-bond donors (Lipinski definition) is 1. The van der Waals surface area contributed by atoms with E-state index in [9.17, 15) is 0 Å². The van der Waals surface area contributed by atoms with Gasteiger partial charge in [-0.25, -0.2) is 0 Å². The predicted molar refractivity (Wildman–Crippen MR) is 69.0 cm³/mol. The van der Waals surface area contributed by atoms with Gasteiger partial charge in [0.25, 0.3) is 0 Å². The molecular weight excluding hydrogens is 212 g/mol. The van der Waals surface area contributed by atoms with Gasteiger partial charge in [-0.1, -0.05) is 18.2 Å². The van der Waals surface area contributed by atoms with Crippen molar-refractivity contribution in [3.63, 3.8) is 0 Å². The first kappa shape index (κ1) is 10.8. The molecule has 0 spiro atoms. The van der Waals surface area contributed by atoms with Crippen molar-refractivity contribution in [3.05, 3.63) is 36.1 Å². The number of piperazine rings is 1. The van der Waals surface area contributed by atoms with Gasteiger partial charge in [0, 0.05) is 43.2 Å². The van der Waals surface area contributed by atoms with Crippen LogP contribution >= 0.6 is 0 Å². The predicted octanol–water partition coefficient (Wildman–Crippen LogP) is 2.23. The Kier molecular flexibility index (Phi) is 2.87. The van der Waals surface area contributed by atoms with Crippen LogP contribution < -0.4 is 5.32 Å². The third-order valence-corrected chi connectivity index (χ3v) is 3.41. The molecule has 1 fully saturated rings. The fourth-order valence-corrected chi connectivity index (χ4v) is 2.58. The normalized spacial score (nSPS) is 22.1. The van der Waals surface area contributed by atoms with E-state index in [-0.39, 0.29) is 0 Å². The first-order valence-corrected chi connectivity index (χ1v) is 6.24. The summed E-state index contributed by atoms with van der Waals surface area (Å²) in [5, 5.41) is 4.66. The Morgan fingerprint density at radius 3 is 3.24 bits per heavy atom. The zero-order valence-corrected chi connectivity index (χ0v) is 10.1. The molecule has 0 saturated carbocycles. The SMILES string of the molecule is CC1CN(Cc2cccc3ccoc23)CCN1. The molecule has 0 aliphatic carbocycles. The lowest BCUT2D eigenvalue weighted by Gasteiger charge is -2.31. The van der Waals surface area contributed by atoms with E-state index in [2.05, 4.69) is 35.3 Å². The highest BCUT2D eigenvalue weighted by Gasteiger charge is 2.16. The molecule has 1 aliphatic heterocycles. The van der Waals surface area contributed by atoms with E-state index in [4.69, 9.17) is 4.42 Å². The number of rotatable bonds is 2. The average molecular weight is 230 g/mol. The van der Waals surface area contributed by atoms with E-state index in [1.54, 1.807) is 6.26 Å². The van der Waals surface area contributed by atoms with Crippen LogP contribution in [0.15, 0.2) is 34.9 Å². The van der Waals surface area contributed by atoms with Crippen molar-refractivity contribution >= 4 is 11.0 Å². The fraction of sp³-hybridized carbons (Fsp3) is 0.429. The molecular formula is C14H18N2O. The second-order valence-electron chi connectivity index (χ2n) is 4.85. The van der Waals surface area contributed by atoms with Gasteiger partial charge in [-0.2, -0.15) is 0 Å². The van der Waals surface area contributed by atoms with Gasteiger partial charge in [0.05, 0.1) is 6.26 Å². The van der Waals surface area contributed by atoms with Crippen LogP contribution in [-0.4, -0.2) is 30.6 Å². The van der Waals surface area contributed by atoms with Gasteiger partial charge in [-0.05, 0) is 13.0 Å². The van der Waals surface area contributed by atoms with E-state index in [0.717, 1.165) is 31.8 Å². The lowest BCUT2D eigenvalue weighted by atomic mass is 10.1. The van der Waals surface area contributed by atoms with Gasteiger partial charge < -0.3 is 9.73 Å². The summed E-state index contributed by atoms with van der Waals surface area (Å²) in [7, 11) is 0. The minimum Gasteiger partial charge on any atom is -0.464 e. The number of nitrogens with zero attached hydrogens (tertiary/aromatic N) is 1. The summed E-state index contributed by atoms with van der Waals surface area (Å²) < 4.78 is 5.58. The molecule has 1 atom stereocenters. The van der Waals surface area contributed by atoms with Crippen molar-refractivity contribution in [1.29, 1.82) is 0 Å².